The number of hydrogen-bond donors (Lipinski definition) is 0. The molecule has 18 aromatic rings. The van der Waals surface area contributed by atoms with Crippen molar-refractivity contribution in [2.24, 2.45) is 35.5 Å². The Balaban J connectivity index is 0.000000102. The molecule has 0 atom stereocenters. The highest BCUT2D eigenvalue weighted by Crippen LogP contribution is 2.48. The lowest BCUT2D eigenvalue weighted by Crippen LogP contribution is -2.19. The van der Waals surface area contributed by atoms with Gasteiger partial charge >= 0.3 is 0 Å². The number of halogens is 12. The second-order valence-electron chi connectivity index (χ2n) is 36.2. The van der Waals surface area contributed by atoms with Crippen molar-refractivity contribution in [1.29, 1.82) is 0 Å². The molecule has 6 saturated carbocycles. The minimum Gasteiger partial charge on any atom is -0.490 e. The molecule has 24 rings (SSSR count). The third-order valence-corrected chi connectivity index (χ3v) is 30.3. The smallest absolute Gasteiger partial charge is 0.208 e. The van der Waals surface area contributed by atoms with Crippen LogP contribution in [0.15, 0.2) is 159 Å². The number of aryl methyl sites for hydroxylation is 6. The van der Waals surface area contributed by atoms with Crippen molar-refractivity contribution in [3.63, 3.8) is 0 Å². The van der Waals surface area contributed by atoms with E-state index in [1.807, 2.05) is 36.4 Å². The molecule has 0 saturated heterocycles. The molecule has 6 aliphatic rings. The Labute approximate surface area is 765 Å². The molecule has 0 spiro atoms. The summed E-state index contributed by atoms with van der Waals surface area (Å²) < 4.78 is 226. The minimum atomic E-state index is -0.554. The topological polar surface area (TPSA) is 94.8 Å². The predicted octanol–water partition coefficient (Wildman–Crippen LogP) is 33.5. The van der Waals surface area contributed by atoms with Crippen molar-refractivity contribution >= 4 is 160 Å². The van der Waals surface area contributed by atoms with E-state index < -0.39 is 34.9 Å². The van der Waals surface area contributed by atoms with E-state index >= 15 is 0 Å². The summed E-state index contributed by atoms with van der Waals surface area (Å²) >= 11 is 3.50. The maximum Gasteiger partial charge on any atom is 0.208 e. The van der Waals surface area contributed by atoms with Crippen LogP contribution in [-0.2, 0) is 0 Å². The van der Waals surface area contributed by atoms with Crippen molar-refractivity contribution < 1.29 is 94.4 Å². The normalized spacial score (nSPS) is 15.4. The predicted molar refractivity (Wildman–Crippen MR) is 504 cm³/mol. The Morgan fingerprint density at radius 2 is 0.364 bits per heavy atom. The molecule has 684 valence electrons. The van der Waals surface area contributed by atoms with Gasteiger partial charge in [-0.05, 0) is 260 Å². The van der Waals surface area contributed by atoms with Crippen molar-refractivity contribution in [3.8, 4) is 34.5 Å². The number of fused-ring (bicyclic) bond motifs is 18. The van der Waals surface area contributed by atoms with Crippen molar-refractivity contribution in [1.82, 2.24) is 0 Å². The Kier molecular flexibility index (Phi) is 25.8. The van der Waals surface area contributed by atoms with E-state index in [9.17, 15) is 52.7 Å². The standard InChI is InChI=1S/C19H18F2O2.C19H18F2OS.C18H16F2O2.C18H16F2OS.C17H14F2O2.C17H14F2OS/c2*1-11-6-7-13-14-8-9-15(22-10-12-4-2-3-5-12)17(21)19(14)23-18(13)16(11)20;2*1-10-5-6-12-13-7-8-14(21-9-11-3-2-4-11)16(20)18(13)22-17(12)15(10)19;2*1-9-2-5-11-12-6-7-13(20-8-10-3-4-10)15(19)17(12)21-16(11)14(9)18/h2*6-9,12H,2-5,10H2,1H3;2*5-8,11H,2-4,9H2,1H3;2*2,5-7,10H,3-4,8H2,1H3. The summed E-state index contributed by atoms with van der Waals surface area (Å²) in [4.78, 5) is 0. The number of ether oxygens (including phenoxy) is 6. The zero-order valence-electron chi connectivity index (χ0n) is 73.7. The molecule has 24 heteroatoms. The van der Waals surface area contributed by atoms with Gasteiger partial charge in [0.15, 0.2) is 103 Å². The van der Waals surface area contributed by atoms with E-state index in [-0.39, 0.29) is 103 Å². The maximum absolute atomic E-state index is 14.8. The fourth-order valence-electron chi connectivity index (χ4n) is 17.7. The van der Waals surface area contributed by atoms with Crippen LogP contribution < -0.4 is 28.4 Å². The largest absolute Gasteiger partial charge is 0.490 e. The van der Waals surface area contributed by atoms with Gasteiger partial charge in [-0.1, -0.05) is 111 Å². The van der Waals surface area contributed by atoms with Crippen LogP contribution >= 0.6 is 34.0 Å². The first-order valence-corrected chi connectivity index (χ1v) is 47.9. The van der Waals surface area contributed by atoms with Crippen molar-refractivity contribution in [2.75, 3.05) is 39.6 Å². The fourth-order valence-corrected chi connectivity index (χ4v) is 21.3. The summed E-state index contributed by atoms with van der Waals surface area (Å²) in [5, 5.41) is 8.06. The highest BCUT2D eigenvalue weighted by molar-refractivity contribution is 7.26. The second-order valence-corrected chi connectivity index (χ2v) is 39.3. The lowest BCUT2D eigenvalue weighted by atomic mass is 9.86. The highest BCUT2D eigenvalue weighted by atomic mass is 32.1. The number of hydrogen-bond acceptors (Lipinski definition) is 12. The quantitative estimate of drug-likeness (QED) is 0.0779. The van der Waals surface area contributed by atoms with Crippen LogP contribution in [0.5, 0.6) is 34.5 Å². The third kappa shape index (κ3) is 17.9. The maximum atomic E-state index is 14.8. The molecule has 6 heterocycles. The molecule has 0 bridgehead atoms. The van der Waals surface area contributed by atoms with Crippen LogP contribution in [0.4, 0.5) is 52.7 Å². The van der Waals surface area contributed by atoms with Crippen LogP contribution in [0.1, 0.15) is 149 Å². The van der Waals surface area contributed by atoms with Gasteiger partial charge in [0.1, 0.15) is 17.5 Å². The van der Waals surface area contributed by atoms with E-state index in [1.165, 1.54) is 61.2 Å². The molecule has 0 N–H and O–H groups in total. The molecule has 12 aromatic carbocycles. The number of benzene rings is 12. The van der Waals surface area contributed by atoms with Crippen LogP contribution in [0.2, 0.25) is 0 Å². The summed E-state index contributed by atoms with van der Waals surface area (Å²) in [5.74, 6) is -0.243. The summed E-state index contributed by atoms with van der Waals surface area (Å²) in [6.45, 7) is 13.4. The van der Waals surface area contributed by atoms with Gasteiger partial charge < -0.3 is 41.7 Å². The summed E-state index contributed by atoms with van der Waals surface area (Å²) in [6, 6.07) is 41.6. The van der Waals surface area contributed by atoms with Gasteiger partial charge in [-0.25, -0.2) is 39.5 Å². The molecule has 9 nitrogen and oxygen atoms in total. The van der Waals surface area contributed by atoms with Gasteiger partial charge in [-0.15, -0.1) is 34.0 Å². The van der Waals surface area contributed by atoms with Crippen molar-refractivity contribution in [3.05, 3.63) is 249 Å². The molecular formula is C108H96F12O9S3. The summed E-state index contributed by atoms with van der Waals surface area (Å²) in [7, 11) is 0. The first-order valence-electron chi connectivity index (χ1n) is 45.5. The van der Waals surface area contributed by atoms with Gasteiger partial charge in [-0.2, -0.15) is 13.2 Å². The molecule has 6 aromatic heterocycles. The molecule has 0 radical (unpaired) electrons. The van der Waals surface area contributed by atoms with Crippen LogP contribution in [0.3, 0.4) is 0 Å². The average Bonchev–Trinajstić information content (AvgIpc) is 1.64. The van der Waals surface area contributed by atoms with Gasteiger partial charge in [-0.3, -0.25) is 0 Å². The zero-order chi connectivity index (χ0) is 91.6. The van der Waals surface area contributed by atoms with Crippen molar-refractivity contribution in [2.45, 2.75) is 157 Å². The summed E-state index contributed by atoms with van der Waals surface area (Å²) in [5.41, 5.74) is 3.68. The monoisotopic (exact) mass is 1860 g/mol. The lowest BCUT2D eigenvalue weighted by Gasteiger charge is -2.25. The molecular weight excluding hydrogens is 1770 g/mol. The second kappa shape index (κ2) is 38.0. The van der Waals surface area contributed by atoms with E-state index in [0.717, 1.165) is 121 Å². The Morgan fingerprint density at radius 3 is 0.576 bits per heavy atom. The minimum absolute atomic E-state index is 0.0581. The highest BCUT2D eigenvalue weighted by Gasteiger charge is 2.31. The SMILES string of the molecule is Cc1ccc2c(oc3c(F)c(OCC4CC4)ccc32)c1F.Cc1ccc2c(oc3c(F)c(OCC4CCC4)ccc32)c1F.Cc1ccc2c(oc3c(F)c(OCC4CCCC4)ccc32)c1F.Cc1ccc2c(sc3c(F)c(OCC4CC4)ccc32)c1F.Cc1ccc2c(sc3c(F)c(OCC4CCC4)ccc32)c1F.Cc1ccc2c(sc3c(F)c(OCC4CCCC4)ccc32)c1F. The number of furan rings is 3. The molecule has 0 amide bonds. The van der Waals surface area contributed by atoms with Gasteiger partial charge in [0.25, 0.3) is 0 Å². The van der Waals surface area contributed by atoms with Gasteiger partial charge in [0.2, 0.25) is 17.5 Å². The Morgan fingerprint density at radius 1 is 0.197 bits per heavy atom. The van der Waals surface area contributed by atoms with Gasteiger partial charge in [0, 0.05) is 64.6 Å². The molecule has 6 fully saturated rings. The molecule has 0 unspecified atom stereocenters. The van der Waals surface area contributed by atoms with Gasteiger partial charge in [0.05, 0.1) is 67.8 Å². The van der Waals surface area contributed by atoms with Crippen LogP contribution in [-0.4, -0.2) is 39.6 Å². The average molecular weight is 1860 g/mol. The molecule has 0 aliphatic heterocycles. The van der Waals surface area contributed by atoms with Crippen LogP contribution in [0, 0.1) is 147 Å². The third-order valence-electron chi connectivity index (χ3n) is 26.7. The summed E-state index contributed by atoms with van der Waals surface area (Å²) in [6.07, 6.45) is 21.2. The molecule has 132 heavy (non-hydrogen) atoms. The Hall–Kier alpha value is -11.3. The van der Waals surface area contributed by atoms with E-state index in [2.05, 4.69) is 0 Å². The lowest BCUT2D eigenvalue weighted by molar-refractivity contribution is 0.175. The first-order chi connectivity index (χ1) is 63.9. The first kappa shape index (κ1) is 89.9. The van der Waals surface area contributed by atoms with Crippen LogP contribution in [0.25, 0.3) is 126 Å². The fraction of sp³-hybridized carbons (Fsp3) is 0.333. The number of thiophene rings is 3. The number of rotatable bonds is 18. The van der Waals surface area contributed by atoms with E-state index in [0.29, 0.717) is 169 Å². The zero-order valence-corrected chi connectivity index (χ0v) is 76.2. The molecule has 6 aliphatic carbocycles. The Bertz CT molecular complexity index is 7000. The van der Waals surface area contributed by atoms with E-state index in [4.69, 9.17) is 41.7 Å². The van der Waals surface area contributed by atoms with E-state index in [1.54, 1.807) is 151 Å².